The molecule has 30 heavy (non-hydrogen) atoms. The fourth-order valence-corrected chi connectivity index (χ4v) is 5.25. The van der Waals surface area contributed by atoms with Crippen LogP contribution in [0.5, 0.6) is 0 Å². The average Bonchev–Trinajstić information content (AvgIpc) is 2.93. The molecule has 0 fully saturated rings. The minimum Gasteiger partial charge on any atom is -0.324 e. The van der Waals surface area contributed by atoms with Gasteiger partial charge in [0.25, 0.3) is 11.8 Å². The van der Waals surface area contributed by atoms with Gasteiger partial charge >= 0.3 is 5.97 Å². The first-order chi connectivity index (χ1) is 14.1. The Labute approximate surface area is 182 Å². The quantitative estimate of drug-likeness (QED) is 0.599. The molecule has 1 heterocycles. The van der Waals surface area contributed by atoms with Crippen molar-refractivity contribution in [3.05, 3.63) is 63.1 Å². The number of carbonyl (C=O) groups is 3. The lowest BCUT2D eigenvalue weighted by molar-refractivity contribution is -0.0584. The number of sulfonamides is 1. The third-order valence-electron chi connectivity index (χ3n) is 4.50. The van der Waals surface area contributed by atoms with E-state index in [-0.39, 0.29) is 44.7 Å². The smallest absolute Gasteiger partial charge is 0.324 e. The molecule has 0 aromatic heterocycles. The number of carbonyl (C=O) groups excluding carboxylic acids is 3. The molecule has 11 heteroatoms. The van der Waals surface area contributed by atoms with Crippen LogP contribution in [0.1, 0.15) is 44.9 Å². The minimum absolute atomic E-state index is 0.0855. The molecule has 158 valence electrons. The summed E-state index contributed by atoms with van der Waals surface area (Å²) in [4.78, 5) is 42.0. The molecule has 0 atom stereocenters. The van der Waals surface area contributed by atoms with E-state index < -0.39 is 27.8 Å². The Morgan fingerprint density at radius 1 is 1.00 bits per heavy atom. The highest BCUT2D eigenvalue weighted by molar-refractivity contribution is 7.89. The van der Waals surface area contributed by atoms with E-state index in [0.717, 1.165) is 16.4 Å². The summed E-state index contributed by atoms with van der Waals surface area (Å²) in [7, 11) is -4.01. The van der Waals surface area contributed by atoms with Gasteiger partial charge in [0.15, 0.2) is 0 Å². The van der Waals surface area contributed by atoms with E-state index in [1.165, 1.54) is 12.1 Å². The summed E-state index contributed by atoms with van der Waals surface area (Å²) in [6.07, 6.45) is 0. The van der Waals surface area contributed by atoms with Crippen LogP contribution in [0.25, 0.3) is 0 Å². The number of hydrogen-bond acceptors (Lipinski definition) is 6. The second kappa shape index (κ2) is 8.35. The minimum atomic E-state index is -4.01. The number of imide groups is 1. The highest BCUT2D eigenvalue weighted by Crippen LogP contribution is 2.32. The summed E-state index contributed by atoms with van der Waals surface area (Å²) >= 11 is 12.1. The molecule has 0 radical (unpaired) electrons. The zero-order valence-electron chi connectivity index (χ0n) is 15.9. The van der Waals surface area contributed by atoms with Crippen molar-refractivity contribution < 1.29 is 27.6 Å². The third kappa shape index (κ3) is 3.69. The van der Waals surface area contributed by atoms with Gasteiger partial charge in [-0.1, -0.05) is 54.2 Å². The second-order valence-electron chi connectivity index (χ2n) is 6.18. The summed E-state index contributed by atoms with van der Waals surface area (Å²) in [6.45, 7) is 3.68. The molecule has 0 spiro atoms. The number of halogens is 2. The first-order valence-corrected chi connectivity index (χ1v) is 11.0. The van der Waals surface area contributed by atoms with Gasteiger partial charge in [0.2, 0.25) is 10.0 Å². The maximum Gasteiger partial charge on any atom is 0.365 e. The largest absolute Gasteiger partial charge is 0.365 e. The maximum atomic E-state index is 12.8. The average molecular weight is 471 g/mol. The SMILES string of the molecule is CCN(CC)S(=O)(=O)c1cc(C(=O)ON2C(=O)c3ccccc3C2=O)c(Cl)cc1Cl. The van der Waals surface area contributed by atoms with Crippen LogP contribution in [0.2, 0.25) is 10.0 Å². The Bertz CT molecular complexity index is 1130. The number of fused-ring (bicyclic) bond motifs is 1. The molecule has 0 saturated heterocycles. The van der Waals surface area contributed by atoms with Crippen LogP contribution >= 0.6 is 23.2 Å². The Morgan fingerprint density at radius 3 is 2.03 bits per heavy atom. The fourth-order valence-electron chi connectivity index (χ4n) is 2.97. The Kier molecular flexibility index (Phi) is 6.19. The molecule has 0 saturated carbocycles. The predicted molar refractivity (Wildman–Crippen MR) is 109 cm³/mol. The summed E-state index contributed by atoms with van der Waals surface area (Å²) in [5.41, 5.74) is -0.187. The van der Waals surface area contributed by atoms with Gasteiger partial charge in [-0.25, -0.2) is 13.2 Å². The molecule has 2 amide bonds. The summed E-state index contributed by atoms with van der Waals surface area (Å²) in [5.74, 6) is -2.81. The first-order valence-electron chi connectivity index (χ1n) is 8.82. The number of amides is 2. The predicted octanol–water partition coefficient (Wildman–Crippen LogP) is 3.39. The normalized spacial score (nSPS) is 13.7. The van der Waals surface area contributed by atoms with Gasteiger partial charge in [0.05, 0.1) is 26.7 Å². The lowest BCUT2D eigenvalue weighted by atomic mass is 10.1. The zero-order valence-corrected chi connectivity index (χ0v) is 18.2. The Morgan fingerprint density at radius 2 is 1.53 bits per heavy atom. The number of hydroxylamine groups is 2. The topological polar surface area (TPSA) is 101 Å². The molecule has 0 aliphatic carbocycles. The van der Waals surface area contributed by atoms with Crippen molar-refractivity contribution in [3.63, 3.8) is 0 Å². The van der Waals surface area contributed by atoms with Crippen molar-refractivity contribution in [2.24, 2.45) is 0 Å². The molecule has 1 aliphatic heterocycles. The van der Waals surface area contributed by atoms with Crippen LogP contribution in [0, 0.1) is 0 Å². The lowest BCUT2D eigenvalue weighted by Gasteiger charge is -2.20. The molecule has 3 rings (SSSR count). The van der Waals surface area contributed by atoms with Crippen molar-refractivity contribution in [1.82, 2.24) is 9.37 Å². The summed E-state index contributed by atoms with van der Waals surface area (Å²) in [6, 6.07) is 8.05. The van der Waals surface area contributed by atoms with E-state index in [1.54, 1.807) is 26.0 Å². The van der Waals surface area contributed by atoms with Gasteiger partial charge in [0.1, 0.15) is 4.90 Å². The number of nitrogens with zero attached hydrogens (tertiary/aromatic N) is 2. The van der Waals surface area contributed by atoms with Crippen LogP contribution < -0.4 is 0 Å². The van der Waals surface area contributed by atoms with Crippen LogP contribution in [-0.2, 0) is 14.9 Å². The molecule has 0 unspecified atom stereocenters. The summed E-state index contributed by atoms with van der Waals surface area (Å²) < 4.78 is 26.8. The van der Waals surface area contributed by atoms with Crippen LogP contribution in [-0.4, -0.2) is 48.7 Å². The highest BCUT2D eigenvalue weighted by atomic mass is 35.5. The number of rotatable bonds is 6. The van der Waals surface area contributed by atoms with Gasteiger partial charge in [-0.2, -0.15) is 4.31 Å². The van der Waals surface area contributed by atoms with Crippen molar-refractivity contribution in [2.75, 3.05) is 13.1 Å². The van der Waals surface area contributed by atoms with E-state index in [1.807, 2.05) is 0 Å². The lowest BCUT2D eigenvalue weighted by Crippen LogP contribution is -2.33. The van der Waals surface area contributed by atoms with Crippen molar-refractivity contribution >= 4 is 51.0 Å². The molecule has 0 bridgehead atoms. The Hall–Kier alpha value is -2.46. The number of benzene rings is 2. The van der Waals surface area contributed by atoms with Gasteiger partial charge in [-0.05, 0) is 24.3 Å². The molecular formula is C19H16Cl2N2O6S. The van der Waals surface area contributed by atoms with Crippen LogP contribution in [0.4, 0.5) is 0 Å². The first kappa shape index (κ1) is 22.2. The van der Waals surface area contributed by atoms with Crippen molar-refractivity contribution in [2.45, 2.75) is 18.7 Å². The van der Waals surface area contributed by atoms with Crippen molar-refractivity contribution in [1.29, 1.82) is 0 Å². The number of hydrogen-bond donors (Lipinski definition) is 0. The van der Waals surface area contributed by atoms with Crippen molar-refractivity contribution in [3.8, 4) is 0 Å². The van der Waals surface area contributed by atoms with Crippen LogP contribution in [0.15, 0.2) is 41.3 Å². The third-order valence-corrected chi connectivity index (χ3v) is 7.32. The van der Waals surface area contributed by atoms with Gasteiger partial charge < -0.3 is 4.84 Å². The molecule has 8 nitrogen and oxygen atoms in total. The maximum absolute atomic E-state index is 12.8. The standard InChI is InChI=1S/C19H16Cl2N2O6S/c1-3-22(4-2)30(27,28)16-9-13(14(20)10-15(16)21)19(26)29-23-17(24)11-7-5-6-8-12(11)18(23)25/h5-10H,3-4H2,1-2H3. The van der Waals surface area contributed by atoms with Gasteiger partial charge in [-0.3, -0.25) is 9.59 Å². The van der Waals surface area contributed by atoms with E-state index >= 15 is 0 Å². The zero-order chi connectivity index (χ0) is 22.2. The Balaban J connectivity index is 1.96. The van der Waals surface area contributed by atoms with E-state index in [0.29, 0.717) is 5.06 Å². The molecular weight excluding hydrogens is 455 g/mol. The molecule has 2 aromatic carbocycles. The van der Waals surface area contributed by atoms with E-state index in [4.69, 9.17) is 28.0 Å². The van der Waals surface area contributed by atoms with Gasteiger partial charge in [0, 0.05) is 13.1 Å². The van der Waals surface area contributed by atoms with Gasteiger partial charge in [-0.15, -0.1) is 0 Å². The molecule has 0 N–H and O–H groups in total. The second-order valence-corrected chi connectivity index (χ2v) is 8.90. The fraction of sp³-hybridized carbons (Fsp3) is 0.211. The van der Waals surface area contributed by atoms with E-state index in [9.17, 15) is 22.8 Å². The monoisotopic (exact) mass is 470 g/mol. The molecule has 1 aliphatic rings. The molecule has 2 aromatic rings. The highest BCUT2D eigenvalue weighted by Gasteiger charge is 2.39. The van der Waals surface area contributed by atoms with Crippen LogP contribution in [0.3, 0.4) is 0 Å². The summed E-state index contributed by atoms with van der Waals surface area (Å²) in [5, 5.41) is -0.0551. The van der Waals surface area contributed by atoms with E-state index in [2.05, 4.69) is 0 Å².